The third-order valence-corrected chi connectivity index (χ3v) is 2.40. The molecular weight excluding hydrogens is 233 g/mol. The van der Waals surface area contributed by atoms with Crippen molar-refractivity contribution in [3.05, 3.63) is 29.0 Å². The molecule has 1 aromatic carbocycles. The van der Waals surface area contributed by atoms with E-state index in [1.165, 1.54) is 25.3 Å². The largest absolute Gasteiger partial charge is 0.497 e. The van der Waals surface area contributed by atoms with Crippen molar-refractivity contribution in [2.45, 2.75) is 0 Å². The molecule has 2 aromatic rings. The molecule has 0 aliphatic heterocycles. The predicted molar refractivity (Wildman–Crippen MR) is 60.0 cm³/mol. The lowest BCUT2D eigenvalue weighted by Crippen LogP contribution is -1.90. The number of aromatic amines is 1. The zero-order valence-corrected chi connectivity index (χ0v) is 9.18. The highest BCUT2D eigenvalue weighted by atomic mass is 35.5. The topological polar surface area (TPSA) is 63.9 Å². The summed E-state index contributed by atoms with van der Waals surface area (Å²) in [6.45, 7) is 0. The van der Waals surface area contributed by atoms with Gasteiger partial charge in [0.15, 0.2) is 5.82 Å². The molecule has 0 fully saturated rings. The monoisotopic (exact) mass is 241 g/mol. The Morgan fingerprint density at radius 1 is 1.44 bits per heavy atom. The summed E-state index contributed by atoms with van der Waals surface area (Å²) in [6.07, 6.45) is 0. The van der Waals surface area contributed by atoms with Crippen molar-refractivity contribution in [2.24, 2.45) is 0 Å². The van der Waals surface area contributed by atoms with Gasteiger partial charge in [0.25, 0.3) is 0 Å². The molecule has 0 atom stereocenters. The van der Waals surface area contributed by atoms with E-state index in [2.05, 4.69) is 10.2 Å². The van der Waals surface area contributed by atoms with Crippen LogP contribution in [-0.2, 0) is 0 Å². The van der Waals surface area contributed by atoms with Crippen LogP contribution in [0.1, 0.15) is 0 Å². The highest BCUT2D eigenvalue weighted by Gasteiger charge is 2.13. The fraction of sp³-hybridized carbons (Fsp3) is 0.100. The number of H-pyrrole nitrogens is 1. The Bertz CT molecular complexity index is 527. The standard InChI is InChI=1S/C10H9ClFN3O/c1-16-5-2-6(10(12)7(11)3-5)8-4-9(13)15-14-8/h2-4H,1H3,(H3,13,14,15). The van der Waals surface area contributed by atoms with E-state index in [4.69, 9.17) is 22.1 Å². The van der Waals surface area contributed by atoms with Gasteiger partial charge in [-0.05, 0) is 6.07 Å². The zero-order chi connectivity index (χ0) is 11.7. The summed E-state index contributed by atoms with van der Waals surface area (Å²) in [7, 11) is 1.48. The average molecular weight is 242 g/mol. The Balaban J connectivity index is 2.59. The molecule has 0 saturated heterocycles. The summed E-state index contributed by atoms with van der Waals surface area (Å²) >= 11 is 5.73. The SMILES string of the molecule is COc1cc(Cl)c(F)c(-c2cc(N)n[nH]2)c1. The molecule has 0 unspecified atom stereocenters. The van der Waals surface area contributed by atoms with Gasteiger partial charge in [-0.2, -0.15) is 5.10 Å². The molecule has 3 N–H and O–H groups in total. The van der Waals surface area contributed by atoms with E-state index in [0.717, 1.165) is 0 Å². The summed E-state index contributed by atoms with van der Waals surface area (Å²) in [4.78, 5) is 0. The van der Waals surface area contributed by atoms with E-state index in [0.29, 0.717) is 11.4 Å². The van der Waals surface area contributed by atoms with Crippen LogP contribution in [0, 0.1) is 5.82 Å². The van der Waals surface area contributed by atoms with Crippen molar-refractivity contribution in [1.82, 2.24) is 10.2 Å². The maximum absolute atomic E-state index is 13.7. The number of anilines is 1. The number of benzene rings is 1. The van der Waals surface area contributed by atoms with Gasteiger partial charge in [0.2, 0.25) is 0 Å². The summed E-state index contributed by atoms with van der Waals surface area (Å²) in [5.74, 6) is 0.217. The molecule has 0 bridgehead atoms. The molecule has 0 radical (unpaired) electrons. The van der Waals surface area contributed by atoms with Crippen LogP contribution >= 0.6 is 11.6 Å². The second-order valence-electron chi connectivity index (χ2n) is 3.18. The second kappa shape index (κ2) is 4.02. The van der Waals surface area contributed by atoms with Crippen LogP contribution in [-0.4, -0.2) is 17.3 Å². The number of aromatic nitrogens is 2. The smallest absolute Gasteiger partial charge is 0.151 e. The van der Waals surface area contributed by atoms with Crippen LogP contribution in [0.4, 0.5) is 10.2 Å². The second-order valence-corrected chi connectivity index (χ2v) is 3.58. The Hall–Kier alpha value is -1.75. The van der Waals surface area contributed by atoms with Crippen molar-refractivity contribution >= 4 is 17.4 Å². The number of nitrogens with zero attached hydrogens (tertiary/aromatic N) is 1. The quantitative estimate of drug-likeness (QED) is 0.849. The Kier molecular flexibility index (Phi) is 2.70. The minimum absolute atomic E-state index is 0.0116. The highest BCUT2D eigenvalue weighted by Crippen LogP contribution is 2.31. The van der Waals surface area contributed by atoms with E-state index in [-0.39, 0.29) is 16.4 Å². The molecule has 0 saturated carbocycles. The van der Waals surface area contributed by atoms with Crippen molar-refractivity contribution in [2.75, 3.05) is 12.8 Å². The third kappa shape index (κ3) is 1.81. The Labute approximate surface area is 96.2 Å². The van der Waals surface area contributed by atoms with Crippen molar-refractivity contribution in [3.63, 3.8) is 0 Å². The first-order chi connectivity index (χ1) is 7.61. The lowest BCUT2D eigenvalue weighted by molar-refractivity contribution is 0.414. The molecule has 0 aliphatic rings. The molecule has 6 heteroatoms. The van der Waals surface area contributed by atoms with Crippen LogP contribution in [0.2, 0.25) is 5.02 Å². The summed E-state index contributed by atoms with van der Waals surface area (Å²) in [5.41, 5.74) is 6.17. The van der Waals surface area contributed by atoms with Gasteiger partial charge < -0.3 is 10.5 Å². The van der Waals surface area contributed by atoms with E-state index in [1.807, 2.05) is 0 Å². The van der Waals surface area contributed by atoms with Crippen LogP contribution in [0.15, 0.2) is 18.2 Å². The number of methoxy groups -OCH3 is 1. The molecule has 84 valence electrons. The van der Waals surface area contributed by atoms with Crippen molar-refractivity contribution in [3.8, 4) is 17.0 Å². The van der Waals surface area contributed by atoms with Gasteiger partial charge >= 0.3 is 0 Å². The van der Waals surface area contributed by atoms with Crippen molar-refractivity contribution in [1.29, 1.82) is 0 Å². The number of nitrogen functional groups attached to an aromatic ring is 1. The number of hydrogen-bond donors (Lipinski definition) is 2. The minimum atomic E-state index is -0.536. The molecule has 16 heavy (non-hydrogen) atoms. The minimum Gasteiger partial charge on any atom is -0.497 e. The van der Waals surface area contributed by atoms with Gasteiger partial charge in [0.05, 0.1) is 17.8 Å². The first-order valence-electron chi connectivity index (χ1n) is 4.46. The number of nitrogens with one attached hydrogen (secondary N) is 1. The predicted octanol–water partition coefficient (Wildman–Crippen LogP) is 2.46. The molecule has 0 aliphatic carbocycles. The van der Waals surface area contributed by atoms with Gasteiger partial charge in [0, 0.05) is 17.7 Å². The molecule has 1 heterocycles. The maximum atomic E-state index is 13.7. The molecule has 0 amide bonds. The fourth-order valence-corrected chi connectivity index (χ4v) is 1.56. The first kappa shape index (κ1) is 10.8. The van der Waals surface area contributed by atoms with Gasteiger partial charge in [-0.15, -0.1) is 0 Å². The van der Waals surface area contributed by atoms with Crippen molar-refractivity contribution < 1.29 is 9.13 Å². The first-order valence-corrected chi connectivity index (χ1v) is 4.84. The van der Waals surface area contributed by atoms with E-state index >= 15 is 0 Å². The Morgan fingerprint density at radius 2 is 2.19 bits per heavy atom. The third-order valence-electron chi connectivity index (χ3n) is 2.13. The van der Waals surface area contributed by atoms with E-state index in [9.17, 15) is 4.39 Å². The van der Waals surface area contributed by atoms with Gasteiger partial charge in [-0.3, -0.25) is 5.10 Å². The van der Waals surface area contributed by atoms with E-state index < -0.39 is 5.82 Å². The summed E-state index contributed by atoms with van der Waals surface area (Å²) in [5, 5.41) is 6.32. The summed E-state index contributed by atoms with van der Waals surface area (Å²) in [6, 6.07) is 4.45. The van der Waals surface area contributed by atoms with Gasteiger partial charge in [-0.1, -0.05) is 11.6 Å². The van der Waals surface area contributed by atoms with Gasteiger partial charge in [-0.25, -0.2) is 4.39 Å². The number of hydrogen-bond acceptors (Lipinski definition) is 3. The number of rotatable bonds is 2. The summed E-state index contributed by atoms with van der Waals surface area (Å²) < 4.78 is 18.7. The Morgan fingerprint density at radius 3 is 2.75 bits per heavy atom. The molecule has 2 rings (SSSR count). The van der Waals surface area contributed by atoms with Gasteiger partial charge in [0.1, 0.15) is 11.6 Å². The molecule has 0 spiro atoms. The van der Waals surface area contributed by atoms with Crippen LogP contribution in [0.3, 0.4) is 0 Å². The zero-order valence-electron chi connectivity index (χ0n) is 8.42. The fourth-order valence-electron chi connectivity index (χ4n) is 1.35. The number of ether oxygens (including phenoxy) is 1. The molecular formula is C10H9ClFN3O. The normalized spacial score (nSPS) is 10.4. The van der Waals surface area contributed by atoms with Crippen LogP contribution in [0.5, 0.6) is 5.75 Å². The number of halogens is 2. The lowest BCUT2D eigenvalue weighted by atomic mass is 10.1. The van der Waals surface area contributed by atoms with E-state index in [1.54, 1.807) is 0 Å². The van der Waals surface area contributed by atoms with Crippen LogP contribution < -0.4 is 10.5 Å². The average Bonchev–Trinajstić information content (AvgIpc) is 2.68. The maximum Gasteiger partial charge on any atom is 0.151 e. The molecule has 1 aromatic heterocycles. The number of nitrogens with two attached hydrogens (primary N) is 1. The molecule has 4 nitrogen and oxygen atoms in total. The lowest BCUT2D eigenvalue weighted by Gasteiger charge is -2.06. The highest BCUT2D eigenvalue weighted by molar-refractivity contribution is 6.31. The van der Waals surface area contributed by atoms with Crippen LogP contribution in [0.25, 0.3) is 11.3 Å².